The summed E-state index contributed by atoms with van der Waals surface area (Å²) >= 11 is 0. The van der Waals surface area contributed by atoms with Crippen LogP contribution in [0.25, 0.3) is 0 Å². The van der Waals surface area contributed by atoms with Crippen LogP contribution in [0, 0.1) is 20.8 Å². The summed E-state index contributed by atoms with van der Waals surface area (Å²) in [7, 11) is 0.743. The van der Waals surface area contributed by atoms with Gasteiger partial charge in [-0.15, -0.1) is 12.3 Å². The molecule has 1 aromatic rings. The lowest BCUT2D eigenvalue weighted by atomic mass is 10.1. The van der Waals surface area contributed by atoms with Crippen molar-refractivity contribution in [3.63, 3.8) is 0 Å². The zero-order chi connectivity index (χ0) is 9.14. The maximum Gasteiger partial charge on any atom is 0.111 e. The van der Waals surface area contributed by atoms with Crippen molar-refractivity contribution in [2.45, 2.75) is 20.8 Å². The highest BCUT2D eigenvalue weighted by Gasteiger charge is 2.01. The van der Waals surface area contributed by atoms with Crippen LogP contribution in [0.5, 0.6) is 0 Å². The van der Waals surface area contributed by atoms with Gasteiger partial charge < -0.3 is 0 Å². The summed E-state index contributed by atoms with van der Waals surface area (Å²) in [6, 6.07) is 4.39. The molecule has 2 radical (unpaired) electrons. The molecule has 0 amide bonds. The van der Waals surface area contributed by atoms with Crippen molar-refractivity contribution < 1.29 is 0 Å². The lowest BCUT2D eigenvalue weighted by molar-refractivity contribution is 1.28. The van der Waals surface area contributed by atoms with Gasteiger partial charge in [-0.3, -0.25) is 0 Å². The minimum absolute atomic E-state index is 0.743. The van der Waals surface area contributed by atoms with Crippen LogP contribution in [0.2, 0.25) is 0 Å². The molecular weight excluding hydrogens is 160 g/mol. The third-order valence-corrected chi connectivity index (χ3v) is 3.37. The first-order chi connectivity index (χ1) is 5.66. The van der Waals surface area contributed by atoms with Crippen molar-refractivity contribution in [3.05, 3.63) is 41.1 Å². The average molecular weight is 174 g/mol. The second-order valence-corrected chi connectivity index (χ2v) is 4.26. The first-order valence-electron chi connectivity index (χ1n) is 4.11. The van der Waals surface area contributed by atoms with Crippen LogP contribution in [-0.2, 0) is 0 Å². The highest BCUT2D eigenvalue weighted by atomic mass is 28.2. The predicted octanol–water partition coefficient (Wildman–Crippen LogP) is 2.08. The fourth-order valence-electron chi connectivity index (χ4n) is 1.22. The summed E-state index contributed by atoms with van der Waals surface area (Å²) in [5.74, 6) is 0. The molecular formula is C11H14Si. The molecule has 1 heteroatoms. The normalized spacial score (nSPS) is 9.92. The van der Waals surface area contributed by atoms with Crippen LogP contribution in [0.4, 0.5) is 0 Å². The number of hydrogen-bond acceptors (Lipinski definition) is 0. The van der Waals surface area contributed by atoms with Gasteiger partial charge in [0.1, 0.15) is 9.52 Å². The van der Waals surface area contributed by atoms with Crippen LogP contribution >= 0.6 is 0 Å². The predicted molar refractivity (Wildman–Crippen MR) is 56.2 cm³/mol. The van der Waals surface area contributed by atoms with E-state index in [1.165, 1.54) is 21.9 Å². The van der Waals surface area contributed by atoms with E-state index in [2.05, 4.69) is 39.5 Å². The number of benzene rings is 1. The molecule has 0 aliphatic rings. The molecule has 1 rings (SSSR count). The van der Waals surface area contributed by atoms with E-state index in [1.807, 2.05) is 5.70 Å². The molecule has 62 valence electrons. The zero-order valence-electron chi connectivity index (χ0n) is 7.94. The molecule has 0 spiro atoms. The average Bonchev–Trinajstić information content (AvgIpc) is 2.07. The van der Waals surface area contributed by atoms with Gasteiger partial charge in [-0.1, -0.05) is 17.3 Å². The van der Waals surface area contributed by atoms with E-state index in [-0.39, 0.29) is 0 Å². The molecule has 0 heterocycles. The van der Waals surface area contributed by atoms with Crippen molar-refractivity contribution in [2.75, 3.05) is 0 Å². The maximum atomic E-state index is 3.76. The Balaban J connectivity index is 3.16. The van der Waals surface area contributed by atoms with E-state index in [0.717, 1.165) is 9.52 Å². The van der Waals surface area contributed by atoms with E-state index in [0.29, 0.717) is 0 Å². The Kier molecular flexibility index (Phi) is 2.87. The third-order valence-electron chi connectivity index (χ3n) is 2.32. The second-order valence-electron chi connectivity index (χ2n) is 3.03. The first-order valence-corrected chi connectivity index (χ1v) is 5.18. The molecule has 0 aliphatic carbocycles. The smallest absolute Gasteiger partial charge is 0.107 e. The minimum atomic E-state index is 0.743. The van der Waals surface area contributed by atoms with Crippen LogP contribution in [-0.4, -0.2) is 9.52 Å². The molecule has 0 aromatic heterocycles. The SMILES string of the molecule is C=C[Si]c1ccc(C)c(C)c1C. The van der Waals surface area contributed by atoms with Crippen molar-refractivity contribution in [2.24, 2.45) is 0 Å². The first kappa shape index (κ1) is 9.27. The molecule has 0 saturated heterocycles. The molecule has 12 heavy (non-hydrogen) atoms. The van der Waals surface area contributed by atoms with Gasteiger partial charge in [0.05, 0.1) is 0 Å². The van der Waals surface area contributed by atoms with E-state index in [9.17, 15) is 0 Å². The van der Waals surface area contributed by atoms with Crippen molar-refractivity contribution >= 4 is 14.7 Å². The molecule has 0 atom stereocenters. The van der Waals surface area contributed by atoms with Crippen molar-refractivity contribution in [3.8, 4) is 0 Å². The van der Waals surface area contributed by atoms with Gasteiger partial charge in [-0.2, -0.15) is 0 Å². The lowest BCUT2D eigenvalue weighted by Gasteiger charge is -2.08. The molecule has 0 aliphatic heterocycles. The van der Waals surface area contributed by atoms with Crippen LogP contribution in [0.3, 0.4) is 0 Å². The Hall–Kier alpha value is -0.823. The standard InChI is InChI=1S/C11H14Si/c1-5-12-11-7-6-8(2)9(3)10(11)4/h5-7H,1H2,2-4H3. The Bertz CT molecular complexity index is 300. The minimum Gasteiger partial charge on any atom is -0.107 e. The van der Waals surface area contributed by atoms with Crippen molar-refractivity contribution in [1.82, 2.24) is 0 Å². The van der Waals surface area contributed by atoms with E-state index in [1.54, 1.807) is 0 Å². The molecule has 0 nitrogen and oxygen atoms in total. The van der Waals surface area contributed by atoms with Crippen LogP contribution < -0.4 is 5.19 Å². The summed E-state index contributed by atoms with van der Waals surface area (Å²) in [5, 5.41) is 1.42. The number of hydrogen-bond donors (Lipinski definition) is 0. The van der Waals surface area contributed by atoms with Gasteiger partial charge in [-0.25, -0.2) is 0 Å². The third kappa shape index (κ3) is 1.67. The summed E-state index contributed by atoms with van der Waals surface area (Å²) in [6.45, 7) is 10.3. The van der Waals surface area contributed by atoms with E-state index < -0.39 is 0 Å². The zero-order valence-corrected chi connectivity index (χ0v) is 8.94. The van der Waals surface area contributed by atoms with Gasteiger partial charge >= 0.3 is 0 Å². The Morgan fingerprint density at radius 3 is 2.42 bits per heavy atom. The molecule has 0 saturated carbocycles. The quantitative estimate of drug-likeness (QED) is 0.602. The summed E-state index contributed by atoms with van der Waals surface area (Å²) in [4.78, 5) is 0. The molecule has 0 unspecified atom stereocenters. The highest BCUT2D eigenvalue weighted by molar-refractivity contribution is 6.59. The van der Waals surface area contributed by atoms with Crippen molar-refractivity contribution in [1.29, 1.82) is 0 Å². The van der Waals surface area contributed by atoms with Crippen LogP contribution in [0.15, 0.2) is 24.4 Å². The van der Waals surface area contributed by atoms with E-state index in [4.69, 9.17) is 0 Å². The summed E-state index contributed by atoms with van der Waals surface area (Å²) in [6.07, 6.45) is 0. The van der Waals surface area contributed by atoms with Gasteiger partial charge in [0, 0.05) is 0 Å². The number of rotatable bonds is 2. The molecule has 0 N–H and O–H groups in total. The molecule has 0 bridgehead atoms. The summed E-state index contributed by atoms with van der Waals surface area (Å²) < 4.78 is 0. The monoisotopic (exact) mass is 174 g/mol. The van der Waals surface area contributed by atoms with Gasteiger partial charge in [0.25, 0.3) is 0 Å². The fourth-order valence-corrected chi connectivity index (χ4v) is 2.03. The van der Waals surface area contributed by atoms with Gasteiger partial charge in [-0.05, 0) is 37.5 Å². The fraction of sp³-hybridized carbons (Fsp3) is 0.273. The largest absolute Gasteiger partial charge is 0.111 e. The van der Waals surface area contributed by atoms with Gasteiger partial charge in [0.2, 0.25) is 0 Å². The Morgan fingerprint density at radius 2 is 1.83 bits per heavy atom. The Labute approximate surface area is 77.1 Å². The second kappa shape index (κ2) is 3.72. The molecule has 1 aromatic carbocycles. The maximum absolute atomic E-state index is 3.76. The van der Waals surface area contributed by atoms with E-state index >= 15 is 0 Å². The summed E-state index contributed by atoms with van der Waals surface area (Å²) in [5.41, 5.74) is 6.21. The Morgan fingerprint density at radius 1 is 1.17 bits per heavy atom. The molecule has 0 fully saturated rings. The number of aryl methyl sites for hydroxylation is 1. The lowest BCUT2D eigenvalue weighted by Crippen LogP contribution is -2.17. The highest BCUT2D eigenvalue weighted by Crippen LogP contribution is 2.08. The van der Waals surface area contributed by atoms with Crippen LogP contribution in [0.1, 0.15) is 16.7 Å². The topological polar surface area (TPSA) is 0 Å². The van der Waals surface area contributed by atoms with Gasteiger partial charge in [0.15, 0.2) is 0 Å².